The lowest BCUT2D eigenvalue weighted by atomic mass is 10.0. The molecule has 2 amide bonds. The zero-order chi connectivity index (χ0) is 22.3. The Kier molecular flexibility index (Phi) is 6.87. The first-order valence-electron chi connectivity index (χ1n) is 10.5. The van der Waals surface area contributed by atoms with E-state index >= 15 is 0 Å². The van der Waals surface area contributed by atoms with Gasteiger partial charge in [-0.05, 0) is 23.8 Å². The molecule has 6 nitrogen and oxygen atoms in total. The average Bonchev–Trinajstić information content (AvgIpc) is 2.84. The molecule has 0 radical (unpaired) electrons. The summed E-state index contributed by atoms with van der Waals surface area (Å²) in [5.74, 6) is -0.959. The lowest BCUT2D eigenvalue weighted by molar-refractivity contribution is -0.141. The monoisotopic (exact) mass is 433 g/mol. The maximum atomic E-state index is 14.3. The number of nitrogens with one attached hydrogen (secondary N) is 1. The van der Waals surface area contributed by atoms with Crippen molar-refractivity contribution in [2.45, 2.75) is 18.6 Å². The molecule has 0 bridgehead atoms. The molecule has 1 N–H and O–H groups in total. The molecular weight excluding hydrogens is 409 g/mol. The Morgan fingerprint density at radius 2 is 1.88 bits per heavy atom. The maximum absolute atomic E-state index is 14.3. The minimum Gasteiger partial charge on any atom is -0.370 e. The Hall–Kier alpha value is -3.58. The molecule has 32 heavy (non-hydrogen) atoms. The van der Waals surface area contributed by atoms with E-state index in [-0.39, 0.29) is 24.2 Å². The van der Waals surface area contributed by atoms with Crippen LogP contribution in [0.3, 0.4) is 0 Å². The fourth-order valence-corrected chi connectivity index (χ4v) is 3.78. The van der Waals surface area contributed by atoms with E-state index in [1.807, 2.05) is 30.3 Å². The highest BCUT2D eigenvalue weighted by molar-refractivity contribution is 5.97. The predicted octanol–water partition coefficient (Wildman–Crippen LogP) is 3.16. The number of rotatable bonds is 6. The summed E-state index contributed by atoms with van der Waals surface area (Å²) in [6.07, 6.45) is 2.83. The van der Waals surface area contributed by atoms with Crippen molar-refractivity contribution in [1.82, 2.24) is 15.2 Å². The van der Waals surface area contributed by atoms with Gasteiger partial charge in [-0.1, -0.05) is 48.5 Å². The first kappa shape index (κ1) is 21.6. The highest BCUT2D eigenvalue weighted by Crippen LogP contribution is 2.25. The minimum absolute atomic E-state index is 0.216. The van der Waals surface area contributed by atoms with Crippen LogP contribution >= 0.6 is 0 Å². The second kappa shape index (κ2) is 10.2. The SMILES string of the molecule is O=C(NC(Cc1ccccc1)C(=O)N1CCOC(c2ccccc2F)C1)c1cccnc1. The molecule has 4 rings (SSSR count). The number of benzene rings is 2. The molecular formula is C25H24FN3O3. The van der Waals surface area contributed by atoms with Crippen LogP contribution in [0.25, 0.3) is 0 Å². The van der Waals surface area contributed by atoms with Gasteiger partial charge in [0.1, 0.15) is 18.0 Å². The van der Waals surface area contributed by atoms with Gasteiger partial charge in [-0.15, -0.1) is 0 Å². The van der Waals surface area contributed by atoms with Crippen molar-refractivity contribution in [3.05, 3.63) is 102 Å². The number of amides is 2. The molecule has 1 fully saturated rings. The van der Waals surface area contributed by atoms with E-state index in [0.29, 0.717) is 30.7 Å². The Bertz CT molecular complexity index is 1060. The lowest BCUT2D eigenvalue weighted by Crippen LogP contribution is -2.53. The van der Waals surface area contributed by atoms with Crippen molar-refractivity contribution in [3.8, 4) is 0 Å². The van der Waals surface area contributed by atoms with Crippen molar-refractivity contribution in [2.75, 3.05) is 19.7 Å². The van der Waals surface area contributed by atoms with E-state index < -0.39 is 12.1 Å². The molecule has 2 unspecified atom stereocenters. The Labute approximate surface area is 186 Å². The summed E-state index contributed by atoms with van der Waals surface area (Å²) in [4.78, 5) is 31.9. The van der Waals surface area contributed by atoms with Gasteiger partial charge in [0.15, 0.2) is 0 Å². The minimum atomic E-state index is -0.774. The smallest absolute Gasteiger partial charge is 0.253 e. The first-order valence-corrected chi connectivity index (χ1v) is 10.5. The van der Waals surface area contributed by atoms with Crippen LogP contribution in [0.1, 0.15) is 27.6 Å². The molecule has 164 valence electrons. The molecule has 1 saturated heterocycles. The molecule has 1 aromatic heterocycles. The Morgan fingerprint density at radius 3 is 2.62 bits per heavy atom. The fraction of sp³-hybridized carbons (Fsp3) is 0.240. The summed E-state index contributed by atoms with van der Waals surface area (Å²) < 4.78 is 20.0. The number of pyridine rings is 1. The maximum Gasteiger partial charge on any atom is 0.253 e. The second-order valence-electron chi connectivity index (χ2n) is 7.62. The molecule has 2 atom stereocenters. The topological polar surface area (TPSA) is 71.5 Å². The van der Waals surface area contributed by atoms with Crippen molar-refractivity contribution in [2.24, 2.45) is 0 Å². The van der Waals surface area contributed by atoms with Gasteiger partial charge >= 0.3 is 0 Å². The van der Waals surface area contributed by atoms with Crippen molar-refractivity contribution >= 4 is 11.8 Å². The summed E-state index contributed by atoms with van der Waals surface area (Å²) in [5, 5.41) is 2.86. The van der Waals surface area contributed by atoms with Crippen LogP contribution in [-0.4, -0.2) is 47.4 Å². The first-order chi connectivity index (χ1) is 15.6. The Morgan fingerprint density at radius 1 is 1.09 bits per heavy atom. The molecule has 1 aliphatic rings. The van der Waals surface area contributed by atoms with Gasteiger partial charge in [0.05, 0.1) is 18.7 Å². The Balaban J connectivity index is 1.53. The van der Waals surface area contributed by atoms with Gasteiger partial charge in [-0.2, -0.15) is 0 Å². The number of carbonyl (C=O) groups is 2. The molecule has 0 spiro atoms. The molecule has 0 aliphatic carbocycles. The third-order valence-corrected chi connectivity index (χ3v) is 5.44. The number of aromatic nitrogens is 1. The van der Waals surface area contributed by atoms with Crippen LogP contribution in [-0.2, 0) is 16.0 Å². The van der Waals surface area contributed by atoms with Crippen molar-refractivity contribution in [1.29, 1.82) is 0 Å². The fourth-order valence-electron chi connectivity index (χ4n) is 3.78. The van der Waals surface area contributed by atoms with E-state index in [0.717, 1.165) is 5.56 Å². The number of hydrogen-bond donors (Lipinski definition) is 1. The van der Waals surface area contributed by atoms with Gasteiger partial charge in [0, 0.05) is 30.9 Å². The molecule has 2 heterocycles. The summed E-state index contributed by atoms with van der Waals surface area (Å²) in [6, 6.07) is 18.5. The third kappa shape index (κ3) is 5.18. The van der Waals surface area contributed by atoms with Crippen LogP contribution in [0.15, 0.2) is 79.1 Å². The van der Waals surface area contributed by atoms with Gasteiger partial charge in [0.25, 0.3) is 5.91 Å². The number of morpholine rings is 1. The molecule has 0 saturated carbocycles. The van der Waals surface area contributed by atoms with Crippen LogP contribution in [0.2, 0.25) is 0 Å². The van der Waals surface area contributed by atoms with Crippen LogP contribution in [0.5, 0.6) is 0 Å². The van der Waals surface area contributed by atoms with Gasteiger partial charge in [0.2, 0.25) is 5.91 Å². The summed E-state index contributed by atoms with van der Waals surface area (Å²) in [5.41, 5.74) is 1.73. The van der Waals surface area contributed by atoms with Gasteiger partial charge in [-0.25, -0.2) is 4.39 Å². The zero-order valence-electron chi connectivity index (χ0n) is 17.5. The highest BCUT2D eigenvalue weighted by atomic mass is 19.1. The van der Waals surface area contributed by atoms with Crippen molar-refractivity contribution in [3.63, 3.8) is 0 Å². The van der Waals surface area contributed by atoms with Gasteiger partial charge < -0.3 is 15.0 Å². The van der Waals surface area contributed by atoms with E-state index in [1.165, 1.54) is 12.3 Å². The standard InChI is InChI=1S/C25H24FN3O3/c26-21-11-5-4-10-20(21)23-17-29(13-14-32-23)25(31)22(15-18-7-2-1-3-8-18)28-24(30)19-9-6-12-27-16-19/h1-12,16,22-23H,13-15,17H2,(H,28,30). The van der Waals surface area contributed by atoms with E-state index in [9.17, 15) is 14.0 Å². The number of halogens is 1. The zero-order valence-corrected chi connectivity index (χ0v) is 17.5. The molecule has 7 heteroatoms. The average molecular weight is 433 g/mol. The van der Waals surface area contributed by atoms with Gasteiger partial charge in [-0.3, -0.25) is 14.6 Å². The summed E-state index contributed by atoms with van der Waals surface area (Å²) in [6.45, 7) is 0.880. The quantitative estimate of drug-likeness (QED) is 0.648. The van der Waals surface area contributed by atoms with E-state index in [1.54, 1.807) is 41.4 Å². The number of carbonyl (C=O) groups excluding carboxylic acids is 2. The highest BCUT2D eigenvalue weighted by Gasteiger charge is 2.32. The van der Waals surface area contributed by atoms with Crippen LogP contribution in [0, 0.1) is 5.82 Å². The summed E-state index contributed by atoms with van der Waals surface area (Å²) >= 11 is 0. The molecule has 2 aromatic carbocycles. The molecule has 1 aliphatic heterocycles. The molecule has 3 aromatic rings. The number of hydrogen-bond acceptors (Lipinski definition) is 4. The predicted molar refractivity (Wildman–Crippen MR) is 117 cm³/mol. The van der Waals surface area contributed by atoms with Crippen LogP contribution < -0.4 is 5.32 Å². The summed E-state index contributed by atoms with van der Waals surface area (Å²) in [7, 11) is 0. The lowest BCUT2D eigenvalue weighted by Gasteiger charge is -2.35. The van der Waals surface area contributed by atoms with E-state index in [2.05, 4.69) is 10.3 Å². The van der Waals surface area contributed by atoms with Crippen molar-refractivity contribution < 1.29 is 18.7 Å². The van der Waals surface area contributed by atoms with E-state index in [4.69, 9.17) is 4.74 Å². The number of nitrogens with zero attached hydrogens (tertiary/aromatic N) is 2. The third-order valence-electron chi connectivity index (χ3n) is 5.44. The normalized spacial score (nSPS) is 16.9. The number of ether oxygens (including phenoxy) is 1. The van der Waals surface area contributed by atoms with Crippen LogP contribution in [0.4, 0.5) is 4.39 Å². The second-order valence-corrected chi connectivity index (χ2v) is 7.62. The largest absolute Gasteiger partial charge is 0.370 e.